The molecule has 1 rings (SSSR count). The number of carbonyl (C=O) groups excluding carboxylic acids is 1. The molecule has 0 atom stereocenters. The number of ketones is 1. The van der Waals surface area contributed by atoms with Crippen LogP contribution in [0.1, 0.15) is 13.8 Å². The second-order valence-corrected chi connectivity index (χ2v) is 4.19. The summed E-state index contributed by atoms with van der Waals surface area (Å²) in [5, 5.41) is 10.5. The average molecular weight is 258 g/mol. The number of rotatable bonds is 5. The Kier molecular flexibility index (Phi) is 4.45. The fourth-order valence-electron chi connectivity index (χ4n) is 1.05. The zero-order chi connectivity index (χ0) is 13.0. The largest absolute Gasteiger partial charge is 0.486 e. The molecular weight excluding hydrogens is 246 g/mol. The first-order valence-corrected chi connectivity index (χ1v) is 5.39. The van der Waals surface area contributed by atoms with E-state index in [0.29, 0.717) is 5.75 Å². The molecule has 0 aliphatic heterocycles. The molecule has 0 aliphatic rings. The minimum absolute atomic E-state index is 0.00973. The lowest BCUT2D eigenvalue weighted by molar-refractivity contribution is -0.384. The lowest BCUT2D eigenvalue weighted by Crippen LogP contribution is -2.16. The summed E-state index contributed by atoms with van der Waals surface area (Å²) in [6.07, 6.45) is 0. The number of Topliss-reactive ketones (excluding diaryl/α,β-unsaturated/α-hetero) is 1. The van der Waals surface area contributed by atoms with Crippen molar-refractivity contribution >= 4 is 23.1 Å². The first-order valence-electron chi connectivity index (χ1n) is 5.01. The molecule has 92 valence electrons. The van der Waals surface area contributed by atoms with E-state index in [1.165, 1.54) is 18.2 Å². The molecular formula is C11H12ClNO4. The summed E-state index contributed by atoms with van der Waals surface area (Å²) in [5.41, 5.74) is -0.186. The van der Waals surface area contributed by atoms with E-state index in [2.05, 4.69) is 0 Å². The van der Waals surface area contributed by atoms with Crippen LogP contribution in [-0.4, -0.2) is 17.3 Å². The lowest BCUT2D eigenvalue weighted by Gasteiger charge is -2.07. The average Bonchev–Trinajstić information content (AvgIpc) is 2.25. The number of nitrogens with zero attached hydrogens (tertiary/aromatic N) is 1. The van der Waals surface area contributed by atoms with Crippen LogP contribution >= 0.6 is 11.6 Å². The van der Waals surface area contributed by atoms with Gasteiger partial charge in [0.1, 0.15) is 17.4 Å². The van der Waals surface area contributed by atoms with Gasteiger partial charge in [0.15, 0.2) is 5.78 Å². The third-order valence-corrected chi connectivity index (χ3v) is 2.44. The van der Waals surface area contributed by atoms with E-state index < -0.39 is 4.92 Å². The van der Waals surface area contributed by atoms with Gasteiger partial charge in [-0.1, -0.05) is 25.4 Å². The van der Waals surface area contributed by atoms with Gasteiger partial charge in [-0.05, 0) is 6.07 Å². The van der Waals surface area contributed by atoms with Crippen molar-refractivity contribution in [3.8, 4) is 5.75 Å². The van der Waals surface area contributed by atoms with Gasteiger partial charge >= 0.3 is 0 Å². The molecule has 5 nitrogen and oxygen atoms in total. The van der Waals surface area contributed by atoms with Crippen molar-refractivity contribution in [3.63, 3.8) is 0 Å². The Hall–Kier alpha value is -1.62. The van der Waals surface area contributed by atoms with Crippen LogP contribution in [0.3, 0.4) is 0 Å². The second kappa shape index (κ2) is 5.63. The van der Waals surface area contributed by atoms with Crippen molar-refractivity contribution in [2.45, 2.75) is 13.8 Å². The van der Waals surface area contributed by atoms with Gasteiger partial charge in [-0.25, -0.2) is 0 Å². The van der Waals surface area contributed by atoms with Crippen LogP contribution in [0.4, 0.5) is 5.69 Å². The summed E-state index contributed by atoms with van der Waals surface area (Å²) in [7, 11) is 0. The molecule has 0 saturated carbocycles. The van der Waals surface area contributed by atoms with Crippen molar-refractivity contribution in [3.05, 3.63) is 33.3 Å². The standard InChI is InChI=1S/C11H12ClNO4/c1-7(2)11(14)6-17-8-3-4-10(13(15)16)9(12)5-8/h3-5,7H,6H2,1-2H3. The summed E-state index contributed by atoms with van der Waals surface area (Å²) in [6, 6.07) is 3.99. The molecule has 0 radical (unpaired) electrons. The Labute approximate surface area is 103 Å². The third kappa shape index (κ3) is 3.71. The minimum Gasteiger partial charge on any atom is -0.486 e. The number of hydrogen-bond donors (Lipinski definition) is 0. The van der Waals surface area contributed by atoms with Crippen LogP contribution in [0.2, 0.25) is 5.02 Å². The van der Waals surface area contributed by atoms with Gasteiger partial charge in [0.25, 0.3) is 5.69 Å². The highest BCUT2D eigenvalue weighted by Crippen LogP contribution is 2.28. The molecule has 0 unspecified atom stereocenters. The molecule has 6 heteroatoms. The number of halogens is 1. The molecule has 1 aromatic carbocycles. The van der Waals surface area contributed by atoms with E-state index in [0.717, 1.165) is 0 Å². The fourth-order valence-corrected chi connectivity index (χ4v) is 1.29. The number of benzene rings is 1. The van der Waals surface area contributed by atoms with E-state index >= 15 is 0 Å². The molecule has 17 heavy (non-hydrogen) atoms. The van der Waals surface area contributed by atoms with E-state index in [1.807, 2.05) is 0 Å². The molecule has 1 aromatic rings. The molecule has 0 aromatic heterocycles. The number of nitro benzene ring substituents is 1. The van der Waals surface area contributed by atoms with E-state index in [4.69, 9.17) is 16.3 Å². The second-order valence-electron chi connectivity index (χ2n) is 3.78. The maximum atomic E-state index is 11.3. The van der Waals surface area contributed by atoms with Crippen molar-refractivity contribution in [1.29, 1.82) is 0 Å². The van der Waals surface area contributed by atoms with E-state index in [1.54, 1.807) is 13.8 Å². The number of carbonyl (C=O) groups is 1. The quantitative estimate of drug-likeness (QED) is 0.601. The van der Waals surface area contributed by atoms with Crippen LogP contribution in [0.5, 0.6) is 5.75 Å². The smallest absolute Gasteiger partial charge is 0.288 e. The molecule has 0 aliphatic carbocycles. The van der Waals surface area contributed by atoms with Crippen LogP contribution in [-0.2, 0) is 4.79 Å². The highest BCUT2D eigenvalue weighted by atomic mass is 35.5. The van der Waals surface area contributed by atoms with Crippen molar-refractivity contribution in [1.82, 2.24) is 0 Å². The minimum atomic E-state index is -0.578. The van der Waals surface area contributed by atoms with E-state index in [-0.39, 0.29) is 29.0 Å². The molecule has 0 saturated heterocycles. The van der Waals surface area contributed by atoms with Crippen LogP contribution in [0.25, 0.3) is 0 Å². The van der Waals surface area contributed by atoms with Crippen LogP contribution in [0, 0.1) is 16.0 Å². The topological polar surface area (TPSA) is 69.4 Å². The zero-order valence-corrected chi connectivity index (χ0v) is 10.2. The molecule has 0 spiro atoms. The maximum Gasteiger partial charge on any atom is 0.288 e. The van der Waals surface area contributed by atoms with Crippen molar-refractivity contribution in [2.75, 3.05) is 6.61 Å². The maximum absolute atomic E-state index is 11.3. The van der Waals surface area contributed by atoms with E-state index in [9.17, 15) is 14.9 Å². The molecule has 0 amide bonds. The number of hydrogen-bond acceptors (Lipinski definition) is 4. The normalized spacial score (nSPS) is 10.4. The highest BCUT2D eigenvalue weighted by molar-refractivity contribution is 6.32. The summed E-state index contributed by atoms with van der Waals surface area (Å²) in [6.45, 7) is 3.48. The van der Waals surface area contributed by atoms with Crippen LogP contribution < -0.4 is 4.74 Å². The Balaban J connectivity index is 2.71. The van der Waals surface area contributed by atoms with Crippen LogP contribution in [0.15, 0.2) is 18.2 Å². The van der Waals surface area contributed by atoms with Gasteiger partial charge in [0, 0.05) is 18.1 Å². The Morgan fingerprint density at radius 3 is 2.65 bits per heavy atom. The molecule has 0 bridgehead atoms. The fraction of sp³-hybridized carbons (Fsp3) is 0.364. The number of nitro groups is 1. The predicted molar refractivity (Wildman–Crippen MR) is 63.4 cm³/mol. The lowest BCUT2D eigenvalue weighted by atomic mass is 10.1. The number of ether oxygens (including phenoxy) is 1. The van der Waals surface area contributed by atoms with Gasteiger partial charge in [0.05, 0.1) is 4.92 Å². The van der Waals surface area contributed by atoms with Gasteiger partial charge in [-0.2, -0.15) is 0 Å². The van der Waals surface area contributed by atoms with Gasteiger partial charge < -0.3 is 4.74 Å². The molecule has 0 heterocycles. The van der Waals surface area contributed by atoms with Gasteiger partial charge in [-0.3, -0.25) is 14.9 Å². The van der Waals surface area contributed by atoms with Crippen molar-refractivity contribution < 1.29 is 14.5 Å². The Morgan fingerprint density at radius 2 is 2.18 bits per heavy atom. The monoisotopic (exact) mass is 257 g/mol. The molecule has 0 fully saturated rings. The summed E-state index contributed by atoms with van der Waals surface area (Å²) < 4.78 is 5.19. The summed E-state index contributed by atoms with van der Waals surface area (Å²) >= 11 is 5.70. The van der Waals surface area contributed by atoms with Gasteiger partial charge in [-0.15, -0.1) is 0 Å². The molecule has 0 N–H and O–H groups in total. The first kappa shape index (κ1) is 13.4. The first-order chi connectivity index (χ1) is 7.91. The predicted octanol–water partition coefficient (Wildman–Crippen LogP) is 2.85. The third-order valence-electron chi connectivity index (χ3n) is 2.14. The Morgan fingerprint density at radius 1 is 1.53 bits per heavy atom. The van der Waals surface area contributed by atoms with Crippen molar-refractivity contribution in [2.24, 2.45) is 5.92 Å². The van der Waals surface area contributed by atoms with Gasteiger partial charge in [0.2, 0.25) is 0 Å². The SMILES string of the molecule is CC(C)C(=O)COc1ccc([N+](=O)[O-])c(Cl)c1. The highest BCUT2D eigenvalue weighted by Gasteiger charge is 2.13. The summed E-state index contributed by atoms with van der Waals surface area (Å²) in [5.74, 6) is 0.192. The summed E-state index contributed by atoms with van der Waals surface area (Å²) in [4.78, 5) is 21.2. The zero-order valence-electron chi connectivity index (χ0n) is 9.47. The Bertz CT molecular complexity index is 445.